The lowest BCUT2D eigenvalue weighted by Crippen LogP contribution is -2.04. The number of carbonyl (C=O) groups is 1. The number of primary amides is 1. The molecule has 0 aliphatic rings. The Hall–Kier alpha value is -1.05. The minimum atomic E-state index is -0.385. The standard InChI is InChI=1S/C18H33NO/c1-2-3-4-5-6-7-8-9-10-11-12-13-14-15-16-17-18(19)20/h14-17H,2-13H2,1H3,(H2,19,20)/b15-14+,17-16?. The van der Waals surface area contributed by atoms with Crippen LogP contribution in [0, 0.1) is 0 Å². The van der Waals surface area contributed by atoms with E-state index in [-0.39, 0.29) is 5.91 Å². The zero-order valence-electron chi connectivity index (χ0n) is 13.3. The number of rotatable bonds is 14. The minimum absolute atomic E-state index is 0.385. The van der Waals surface area contributed by atoms with Gasteiger partial charge >= 0.3 is 0 Å². The van der Waals surface area contributed by atoms with E-state index in [1.165, 1.54) is 76.7 Å². The quantitative estimate of drug-likeness (QED) is 0.262. The lowest BCUT2D eigenvalue weighted by molar-refractivity contribution is -0.113. The van der Waals surface area contributed by atoms with Gasteiger partial charge < -0.3 is 5.73 Å². The Morgan fingerprint density at radius 2 is 1.30 bits per heavy atom. The molecule has 0 aromatic rings. The summed E-state index contributed by atoms with van der Waals surface area (Å²) in [7, 11) is 0. The fourth-order valence-electron chi connectivity index (χ4n) is 2.25. The van der Waals surface area contributed by atoms with E-state index in [2.05, 4.69) is 13.0 Å². The summed E-state index contributed by atoms with van der Waals surface area (Å²) in [5.41, 5.74) is 4.99. The summed E-state index contributed by atoms with van der Waals surface area (Å²) >= 11 is 0. The molecule has 0 bridgehead atoms. The molecular weight excluding hydrogens is 246 g/mol. The highest BCUT2D eigenvalue weighted by molar-refractivity contribution is 5.85. The topological polar surface area (TPSA) is 43.1 Å². The molecule has 2 heteroatoms. The van der Waals surface area contributed by atoms with Gasteiger partial charge in [-0.25, -0.2) is 0 Å². The largest absolute Gasteiger partial charge is 0.366 e. The molecule has 0 unspecified atom stereocenters. The molecule has 0 heterocycles. The third kappa shape index (κ3) is 16.9. The zero-order chi connectivity index (χ0) is 14.9. The van der Waals surface area contributed by atoms with Gasteiger partial charge in [0.05, 0.1) is 0 Å². The number of unbranched alkanes of at least 4 members (excludes halogenated alkanes) is 11. The third-order valence-electron chi connectivity index (χ3n) is 3.48. The fraction of sp³-hybridized carbons (Fsp3) is 0.722. The van der Waals surface area contributed by atoms with Crippen molar-refractivity contribution in [2.75, 3.05) is 0 Å². The molecule has 0 aliphatic heterocycles. The van der Waals surface area contributed by atoms with E-state index >= 15 is 0 Å². The van der Waals surface area contributed by atoms with Gasteiger partial charge in [-0.15, -0.1) is 0 Å². The van der Waals surface area contributed by atoms with Gasteiger partial charge in [-0.3, -0.25) is 4.79 Å². The second-order valence-corrected chi connectivity index (χ2v) is 5.51. The van der Waals surface area contributed by atoms with E-state index in [9.17, 15) is 4.79 Å². The molecular formula is C18H33NO. The molecule has 0 rings (SSSR count). The maximum atomic E-state index is 10.4. The van der Waals surface area contributed by atoms with Gasteiger partial charge in [0.25, 0.3) is 0 Å². The average molecular weight is 279 g/mol. The molecule has 0 fully saturated rings. The second-order valence-electron chi connectivity index (χ2n) is 5.51. The van der Waals surface area contributed by atoms with Crippen LogP contribution in [0.25, 0.3) is 0 Å². The van der Waals surface area contributed by atoms with Crippen molar-refractivity contribution in [1.29, 1.82) is 0 Å². The van der Waals surface area contributed by atoms with Crippen molar-refractivity contribution in [3.8, 4) is 0 Å². The second kappa shape index (κ2) is 16.0. The van der Waals surface area contributed by atoms with Crippen LogP contribution in [0.15, 0.2) is 24.3 Å². The Morgan fingerprint density at radius 3 is 1.80 bits per heavy atom. The molecule has 0 saturated heterocycles. The van der Waals surface area contributed by atoms with Crippen molar-refractivity contribution in [1.82, 2.24) is 0 Å². The fourth-order valence-corrected chi connectivity index (χ4v) is 2.25. The highest BCUT2D eigenvalue weighted by Crippen LogP contribution is 2.11. The summed E-state index contributed by atoms with van der Waals surface area (Å²) in [5.74, 6) is -0.385. The summed E-state index contributed by atoms with van der Waals surface area (Å²) in [6.45, 7) is 2.27. The van der Waals surface area contributed by atoms with Gasteiger partial charge in [0.15, 0.2) is 0 Å². The van der Waals surface area contributed by atoms with E-state index < -0.39 is 0 Å². The molecule has 0 aliphatic carbocycles. The lowest BCUT2D eigenvalue weighted by atomic mass is 10.1. The maximum Gasteiger partial charge on any atom is 0.241 e. The molecule has 0 aromatic heterocycles. The first-order valence-electron chi connectivity index (χ1n) is 8.40. The first-order valence-corrected chi connectivity index (χ1v) is 8.40. The van der Waals surface area contributed by atoms with Crippen molar-refractivity contribution in [3.63, 3.8) is 0 Å². The minimum Gasteiger partial charge on any atom is -0.366 e. The van der Waals surface area contributed by atoms with Crippen LogP contribution in [0.4, 0.5) is 0 Å². The molecule has 116 valence electrons. The summed E-state index contributed by atoms with van der Waals surface area (Å²) < 4.78 is 0. The van der Waals surface area contributed by atoms with Crippen molar-refractivity contribution in [3.05, 3.63) is 24.3 Å². The van der Waals surface area contributed by atoms with Crippen LogP contribution >= 0.6 is 0 Å². The van der Waals surface area contributed by atoms with Crippen LogP contribution in [0.3, 0.4) is 0 Å². The number of allylic oxidation sites excluding steroid dienone is 3. The Morgan fingerprint density at radius 1 is 0.800 bits per heavy atom. The van der Waals surface area contributed by atoms with Gasteiger partial charge in [-0.2, -0.15) is 0 Å². The van der Waals surface area contributed by atoms with E-state index in [0.717, 1.165) is 6.42 Å². The predicted molar refractivity (Wildman–Crippen MR) is 88.6 cm³/mol. The van der Waals surface area contributed by atoms with Crippen LogP contribution in [-0.2, 0) is 4.79 Å². The first kappa shape index (κ1) is 18.9. The third-order valence-corrected chi connectivity index (χ3v) is 3.48. The Kier molecular flexibility index (Phi) is 15.2. The van der Waals surface area contributed by atoms with Crippen molar-refractivity contribution >= 4 is 5.91 Å². The smallest absolute Gasteiger partial charge is 0.241 e. The van der Waals surface area contributed by atoms with E-state index in [1.54, 1.807) is 6.08 Å². The molecule has 2 nitrogen and oxygen atoms in total. The molecule has 1 amide bonds. The number of carbonyl (C=O) groups excluding carboxylic acids is 1. The summed E-state index contributed by atoms with van der Waals surface area (Å²) in [6, 6.07) is 0. The lowest BCUT2D eigenvalue weighted by Gasteiger charge is -2.01. The average Bonchev–Trinajstić information content (AvgIpc) is 2.43. The number of amides is 1. The molecule has 0 radical (unpaired) electrons. The van der Waals surface area contributed by atoms with Gasteiger partial charge in [-0.05, 0) is 12.8 Å². The van der Waals surface area contributed by atoms with E-state index in [1.807, 2.05) is 6.08 Å². The Balaban J connectivity index is 3.11. The van der Waals surface area contributed by atoms with Crippen molar-refractivity contribution in [2.24, 2.45) is 5.73 Å². The van der Waals surface area contributed by atoms with Gasteiger partial charge in [0.2, 0.25) is 5.91 Å². The number of hydrogen-bond donors (Lipinski definition) is 1. The Bertz CT molecular complexity index is 269. The number of nitrogens with two attached hydrogens (primary N) is 1. The van der Waals surface area contributed by atoms with Gasteiger partial charge in [0.1, 0.15) is 0 Å². The van der Waals surface area contributed by atoms with Gasteiger partial charge in [0, 0.05) is 6.08 Å². The number of hydrogen-bond acceptors (Lipinski definition) is 1. The van der Waals surface area contributed by atoms with Crippen LogP contribution in [0.1, 0.15) is 84.0 Å². The highest BCUT2D eigenvalue weighted by atomic mass is 16.1. The van der Waals surface area contributed by atoms with E-state index in [4.69, 9.17) is 5.73 Å². The van der Waals surface area contributed by atoms with Crippen LogP contribution < -0.4 is 5.73 Å². The Labute approximate surface area is 125 Å². The predicted octanol–water partition coefficient (Wildman–Crippen LogP) is 5.29. The maximum absolute atomic E-state index is 10.4. The highest BCUT2D eigenvalue weighted by Gasteiger charge is 1.92. The van der Waals surface area contributed by atoms with Crippen LogP contribution in [-0.4, -0.2) is 5.91 Å². The van der Waals surface area contributed by atoms with Crippen molar-refractivity contribution in [2.45, 2.75) is 84.0 Å². The zero-order valence-corrected chi connectivity index (χ0v) is 13.3. The monoisotopic (exact) mass is 279 g/mol. The van der Waals surface area contributed by atoms with Crippen LogP contribution in [0.2, 0.25) is 0 Å². The van der Waals surface area contributed by atoms with Gasteiger partial charge in [-0.1, -0.05) is 89.4 Å². The molecule has 20 heavy (non-hydrogen) atoms. The molecule has 0 saturated carbocycles. The SMILES string of the molecule is CCCCCCCCCCCCC/C=C/C=CC(N)=O. The van der Waals surface area contributed by atoms with Crippen molar-refractivity contribution < 1.29 is 4.79 Å². The molecule has 0 atom stereocenters. The summed E-state index contributed by atoms with van der Waals surface area (Å²) in [4.78, 5) is 10.4. The normalized spacial score (nSPS) is 11.7. The first-order chi connectivity index (χ1) is 9.77. The van der Waals surface area contributed by atoms with Crippen LogP contribution in [0.5, 0.6) is 0 Å². The van der Waals surface area contributed by atoms with E-state index in [0.29, 0.717) is 0 Å². The summed E-state index contributed by atoms with van der Waals surface area (Å²) in [6.07, 6.45) is 23.4. The molecule has 0 spiro atoms. The molecule has 2 N–H and O–H groups in total. The molecule has 0 aromatic carbocycles. The summed E-state index contributed by atoms with van der Waals surface area (Å²) in [5, 5.41) is 0.